The highest BCUT2D eigenvalue weighted by atomic mass is 32.2. The molecule has 0 aromatic heterocycles. The number of likely N-dealkylation sites (N-methyl/N-ethyl adjacent to an activating group) is 1. The number of methoxy groups -OCH3 is 1. The summed E-state index contributed by atoms with van der Waals surface area (Å²) in [5.74, 6) is 2.10. The number of amides is 2. The molecule has 2 aromatic rings. The van der Waals surface area contributed by atoms with Gasteiger partial charge in [0.1, 0.15) is 6.61 Å². The van der Waals surface area contributed by atoms with Crippen molar-refractivity contribution in [3.63, 3.8) is 0 Å². The van der Waals surface area contributed by atoms with Crippen LogP contribution in [0.15, 0.2) is 53.4 Å². The summed E-state index contributed by atoms with van der Waals surface area (Å²) in [4.78, 5) is 29.6. The maximum absolute atomic E-state index is 12.7. The van der Waals surface area contributed by atoms with Crippen LogP contribution in [0.5, 0.6) is 11.5 Å². The number of carbonyl (C=O) groups is 2. The SMILES string of the molecule is COc1ccccc1OCCN(C)C(=O)CCC(=O)N1CCSc2ccccc21. The van der Waals surface area contributed by atoms with Gasteiger partial charge in [-0.2, -0.15) is 0 Å². The molecule has 1 heterocycles. The highest BCUT2D eigenvalue weighted by molar-refractivity contribution is 7.99. The van der Waals surface area contributed by atoms with E-state index in [2.05, 4.69) is 0 Å². The Morgan fingerprint density at radius 3 is 2.59 bits per heavy atom. The monoisotopic (exact) mass is 414 g/mol. The van der Waals surface area contributed by atoms with Crippen LogP contribution in [0.1, 0.15) is 12.8 Å². The van der Waals surface area contributed by atoms with E-state index in [9.17, 15) is 9.59 Å². The van der Waals surface area contributed by atoms with E-state index in [1.165, 1.54) is 0 Å². The number of anilines is 1. The predicted molar refractivity (Wildman–Crippen MR) is 115 cm³/mol. The number of nitrogens with zero attached hydrogens (tertiary/aromatic N) is 2. The Labute approximate surface area is 175 Å². The second-order valence-corrected chi connectivity index (χ2v) is 7.81. The van der Waals surface area contributed by atoms with Gasteiger partial charge >= 0.3 is 0 Å². The molecule has 7 heteroatoms. The molecule has 0 saturated carbocycles. The number of ether oxygens (including phenoxy) is 2. The molecule has 1 aliphatic rings. The summed E-state index contributed by atoms with van der Waals surface area (Å²) in [5.41, 5.74) is 0.944. The molecular formula is C22H26N2O4S. The van der Waals surface area contributed by atoms with Gasteiger partial charge in [0.05, 0.1) is 19.3 Å². The lowest BCUT2D eigenvalue weighted by atomic mass is 10.2. The maximum Gasteiger partial charge on any atom is 0.227 e. The van der Waals surface area contributed by atoms with E-state index in [-0.39, 0.29) is 24.7 Å². The van der Waals surface area contributed by atoms with Crippen LogP contribution in [-0.4, -0.2) is 56.3 Å². The molecule has 0 unspecified atom stereocenters. The van der Waals surface area contributed by atoms with E-state index in [0.717, 1.165) is 16.3 Å². The van der Waals surface area contributed by atoms with Crippen molar-refractivity contribution in [2.75, 3.05) is 44.5 Å². The highest BCUT2D eigenvalue weighted by Gasteiger charge is 2.23. The second kappa shape index (κ2) is 10.2. The lowest BCUT2D eigenvalue weighted by Gasteiger charge is -2.29. The molecule has 1 aliphatic heterocycles. The first kappa shape index (κ1) is 21.0. The van der Waals surface area contributed by atoms with E-state index in [1.54, 1.807) is 35.7 Å². The predicted octanol–water partition coefficient (Wildman–Crippen LogP) is 3.45. The molecular weight excluding hydrogens is 388 g/mol. The molecule has 29 heavy (non-hydrogen) atoms. The van der Waals surface area contributed by atoms with E-state index in [0.29, 0.717) is 31.2 Å². The van der Waals surface area contributed by atoms with Gasteiger partial charge in [0, 0.05) is 37.1 Å². The minimum atomic E-state index is -0.0679. The van der Waals surface area contributed by atoms with Crippen molar-refractivity contribution in [1.82, 2.24) is 4.90 Å². The number of para-hydroxylation sites is 3. The van der Waals surface area contributed by atoms with Crippen LogP contribution in [-0.2, 0) is 9.59 Å². The quantitative estimate of drug-likeness (QED) is 0.662. The minimum Gasteiger partial charge on any atom is -0.493 e. The Bertz CT molecular complexity index is 858. The van der Waals surface area contributed by atoms with Crippen LogP contribution >= 0.6 is 11.8 Å². The van der Waals surface area contributed by atoms with Gasteiger partial charge in [-0.25, -0.2) is 0 Å². The zero-order valence-electron chi connectivity index (χ0n) is 16.8. The molecule has 0 aliphatic carbocycles. The first-order chi connectivity index (χ1) is 14.1. The Hall–Kier alpha value is -2.67. The molecule has 2 amide bonds. The third-order valence-corrected chi connectivity index (χ3v) is 5.80. The number of fused-ring (bicyclic) bond motifs is 1. The highest BCUT2D eigenvalue weighted by Crippen LogP contribution is 2.34. The number of hydrogen-bond acceptors (Lipinski definition) is 5. The summed E-state index contributed by atoms with van der Waals surface area (Å²) in [5, 5.41) is 0. The van der Waals surface area contributed by atoms with Gasteiger partial charge in [-0.05, 0) is 24.3 Å². The van der Waals surface area contributed by atoms with Crippen molar-refractivity contribution in [2.45, 2.75) is 17.7 Å². The average molecular weight is 415 g/mol. The summed E-state index contributed by atoms with van der Waals surface area (Å²) >= 11 is 1.76. The Morgan fingerprint density at radius 1 is 1.07 bits per heavy atom. The molecule has 0 bridgehead atoms. The summed E-state index contributed by atoms with van der Waals surface area (Å²) in [6.45, 7) is 1.47. The average Bonchev–Trinajstić information content (AvgIpc) is 2.77. The zero-order chi connectivity index (χ0) is 20.6. The fraction of sp³-hybridized carbons (Fsp3) is 0.364. The van der Waals surface area contributed by atoms with Gasteiger partial charge in [0.25, 0.3) is 0 Å². The van der Waals surface area contributed by atoms with Gasteiger partial charge in [-0.15, -0.1) is 11.8 Å². The van der Waals surface area contributed by atoms with Crippen LogP contribution < -0.4 is 14.4 Å². The van der Waals surface area contributed by atoms with Gasteiger partial charge in [-0.1, -0.05) is 24.3 Å². The Kier molecular flexibility index (Phi) is 7.41. The standard InChI is InChI=1S/C22H26N2O4S/c1-23(13-15-28-19-9-5-4-8-18(19)27-2)21(25)11-12-22(26)24-14-16-29-20-10-6-3-7-17(20)24/h3-10H,11-16H2,1-2H3. The molecule has 3 rings (SSSR count). The smallest absolute Gasteiger partial charge is 0.227 e. The van der Waals surface area contributed by atoms with Crippen molar-refractivity contribution in [1.29, 1.82) is 0 Å². The molecule has 154 valence electrons. The largest absolute Gasteiger partial charge is 0.493 e. The number of benzene rings is 2. The van der Waals surface area contributed by atoms with Gasteiger partial charge < -0.3 is 19.3 Å². The molecule has 0 spiro atoms. The lowest BCUT2D eigenvalue weighted by Crippen LogP contribution is -2.37. The molecule has 6 nitrogen and oxygen atoms in total. The third kappa shape index (κ3) is 5.44. The van der Waals surface area contributed by atoms with Crippen LogP contribution in [0, 0.1) is 0 Å². The van der Waals surface area contributed by atoms with E-state index >= 15 is 0 Å². The third-order valence-electron chi connectivity index (χ3n) is 4.76. The van der Waals surface area contributed by atoms with Crippen molar-refractivity contribution >= 4 is 29.3 Å². The molecule has 0 radical (unpaired) electrons. The fourth-order valence-electron chi connectivity index (χ4n) is 3.12. The normalized spacial score (nSPS) is 12.8. The van der Waals surface area contributed by atoms with Crippen LogP contribution in [0.3, 0.4) is 0 Å². The summed E-state index contributed by atoms with van der Waals surface area (Å²) in [7, 11) is 3.32. The first-order valence-electron chi connectivity index (χ1n) is 9.62. The number of rotatable bonds is 8. The van der Waals surface area contributed by atoms with Crippen molar-refractivity contribution < 1.29 is 19.1 Å². The fourth-order valence-corrected chi connectivity index (χ4v) is 4.12. The molecule has 0 N–H and O–H groups in total. The van der Waals surface area contributed by atoms with Crippen molar-refractivity contribution in [3.8, 4) is 11.5 Å². The zero-order valence-corrected chi connectivity index (χ0v) is 17.6. The second-order valence-electron chi connectivity index (χ2n) is 6.68. The van der Waals surface area contributed by atoms with E-state index < -0.39 is 0 Å². The first-order valence-corrected chi connectivity index (χ1v) is 10.6. The molecule has 0 atom stereocenters. The topological polar surface area (TPSA) is 59.1 Å². The summed E-state index contributed by atoms with van der Waals surface area (Å²) in [6.07, 6.45) is 0.394. The lowest BCUT2D eigenvalue weighted by molar-refractivity contribution is -0.132. The Balaban J connectivity index is 1.45. The van der Waals surface area contributed by atoms with Gasteiger partial charge in [0.15, 0.2) is 11.5 Å². The number of hydrogen-bond donors (Lipinski definition) is 0. The van der Waals surface area contributed by atoms with Crippen LogP contribution in [0.2, 0.25) is 0 Å². The minimum absolute atomic E-state index is 0.00947. The number of thioether (sulfide) groups is 1. The van der Waals surface area contributed by atoms with Crippen molar-refractivity contribution in [3.05, 3.63) is 48.5 Å². The molecule has 2 aromatic carbocycles. The van der Waals surface area contributed by atoms with Crippen molar-refractivity contribution in [2.24, 2.45) is 0 Å². The summed E-state index contributed by atoms with van der Waals surface area (Å²) < 4.78 is 11.0. The van der Waals surface area contributed by atoms with Gasteiger partial charge in [0.2, 0.25) is 11.8 Å². The summed E-state index contributed by atoms with van der Waals surface area (Å²) in [6, 6.07) is 15.3. The molecule has 0 fully saturated rings. The van der Waals surface area contributed by atoms with Crippen LogP contribution in [0.4, 0.5) is 5.69 Å². The van der Waals surface area contributed by atoms with Crippen LogP contribution in [0.25, 0.3) is 0 Å². The van der Waals surface area contributed by atoms with E-state index in [1.807, 2.05) is 48.5 Å². The van der Waals surface area contributed by atoms with Gasteiger partial charge in [-0.3, -0.25) is 9.59 Å². The van der Waals surface area contributed by atoms with E-state index in [4.69, 9.17) is 9.47 Å². The number of carbonyl (C=O) groups excluding carboxylic acids is 2. The molecule has 0 saturated heterocycles. The Morgan fingerprint density at radius 2 is 1.79 bits per heavy atom. The maximum atomic E-state index is 12.7.